The van der Waals surface area contributed by atoms with Crippen LogP contribution in [-0.2, 0) is 0 Å². The number of benzene rings is 1. The molecule has 0 saturated carbocycles. The molecule has 6 nitrogen and oxygen atoms in total. The molecule has 0 bridgehead atoms. The lowest BCUT2D eigenvalue weighted by molar-refractivity contribution is 0.472. The zero-order valence-corrected chi connectivity index (χ0v) is 16.8. The third-order valence-electron chi connectivity index (χ3n) is 5.25. The molecule has 3 aromatic heterocycles. The first-order valence-corrected chi connectivity index (χ1v) is 10.0. The fourth-order valence-electron chi connectivity index (χ4n) is 3.95. The second-order valence-electron chi connectivity index (χ2n) is 7.00. The normalized spacial score (nSPS) is 18.4. The Morgan fingerprint density at radius 1 is 0.933 bits per heavy atom. The van der Waals surface area contributed by atoms with Gasteiger partial charge in [0, 0.05) is 24.3 Å². The van der Waals surface area contributed by atoms with Gasteiger partial charge in [-0.3, -0.25) is 9.97 Å². The fourth-order valence-corrected chi connectivity index (χ4v) is 4.29. The first kappa shape index (κ1) is 18.3. The SMILES string of the molecule is Oc1ccccc1N1C(=S)N[C@@H](c2ccccn2)[C@@H]1c1cccn1-c1cccnc1. The molecule has 1 fully saturated rings. The maximum atomic E-state index is 10.6. The summed E-state index contributed by atoms with van der Waals surface area (Å²) in [7, 11) is 0. The Balaban J connectivity index is 1.69. The zero-order chi connectivity index (χ0) is 20.5. The Morgan fingerprint density at radius 3 is 2.57 bits per heavy atom. The van der Waals surface area contributed by atoms with Crippen LogP contribution in [0.25, 0.3) is 5.69 Å². The Kier molecular flexibility index (Phi) is 4.65. The standard InChI is InChI=1S/C23H19N5OS/c29-20-11-2-1-9-18(20)28-22(21(26-23(28)30)17-8-3-4-13-25-17)19-10-6-14-27(19)16-7-5-12-24-15-16/h1-15,21-22,29H,(H,26,30)/t21-,22-/m0/s1. The molecule has 4 aromatic rings. The molecule has 1 aliphatic rings. The van der Waals surface area contributed by atoms with Crippen molar-refractivity contribution >= 4 is 23.0 Å². The van der Waals surface area contributed by atoms with Crippen molar-refractivity contribution in [1.29, 1.82) is 0 Å². The number of nitrogens with one attached hydrogen (secondary N) is 1. The summed E-state index contributed by atoms with van der Waals surface area (Å²) in [5.74, 6) is 0.174. The number of anilines is 1. The fraction of sp³-hybridized carbons (Fsp3) is 0.0870. The maximum Gasteiger partial charge on any atom is 0.174 e. The Hall–Kier alpha value is -3.71. The number of hydrogen-bond donors (Lipinski definition) is 2. The van der Waals surface area contributed by atoms with Gasteiger partial charge < -0.3 is 19.9 Å². The molecule has 0 spiro atoms. The summed E-state index contributed by atoms with van der Waals surface area (Å²) in [6.45, 7) is 0. The van der Waals surface area contributed by atoms with Crippen LogP contribution in [0.4, 0.5) is 5.69 Å². The van der Waals surface area contributed by atoms with E-state index in [0.717, 1.165) is 17.1 Å². The van der Waals surface area contributed by atoms with Crippen molar-refractivity contribution in [2.45, 2.75) is 12.1 Å². The largest absolute Gasteiger partial charge is 0.506 e. The molecule has 1 saturated heterocycles. The lowest BCUT2D eigenvalue weighted by atomic mass is 10.0. The average molecular weight is 414 g/mol. The van der Waals surface area contributed by atoms with E-state index in [4.69, 9.17) is 12.2 Å². The van der Waals surface area contributed by atoms with Crippen LogP contribution < -0.4 is 10.2 Å². The minimum absolute atomic E-state index is 0.174. The molecular weight excluding hydrogens is 394 g/mol. The van der Waals surface area contributed by atoms with Crippen LogP contribution >= 0.6 is 12.2 Å². The van der Waals surface area contributed by atoms with Crippen molar-refractivity contribution in [2.24, 2.45) is 0 Å². The summed E-state index contributed by atoms with van der Waals surface area (Å²) < 4.78 is 2.09. The quantitative estimate of drug-likeness (QED) is 0.490. The minimum atomic E-state index is -0.226. The molecule has 1 aromatic carbocycles. The van der Waals surface area contributed by atoms with E-state index in [1.54, 1.807) is 24.5 Å². The average Bonchev–Trinajstić information content (AvgIpc) is 3.40. The van der Waals surface area contributed by atoms with Crippen LogP contribution in [0.1, 0.15) is 23.5 Å². The van der Waals surface area contributed by atoms with Crippen molar-refractivity contribution in [3.05, 3.63) is 103 Å². The first-order valence-electron chi connectivity index (χ1n) is 9.60. The van der Waals surface area contributed by atoms with Gasteiger partial charge in [-0.25, -0.2) is 0 Å². The highest BCUT2D eigenvalue weighted by atomic mass is 32.1. The highest BCUT2D eigenvalue weighted by Crippen LogP contribution is 2.44. The first-order chi connectivity index (χ1) is 14.7. The van der Waals surface area contributed by atoms with Crippen LogP contribution in [-0.4, -0.2) is 24.8 Å². The van der Waals surface area contributed by atoms with Gasteiger partial charge >= 0.3 is 0 Å². The van der Waals surface area contributed by atoms with Gasteiger partial charge in [0.15, 0.2) is 5.11 Å². The molecule has 2 atom stereocenters. The van der Waals surface area contributed by atoms with Gasteiger partial charge in [-0.2, -0.15) is 0 Å². The molecular formula is C23H19N5OS. The Labute approximate surface area is 179 Å². The number of phenolic OH excluding ortho intramolecular Hbond substituents is 1. The highest BCUT2D eigenvalue weighted by molar-refractivity contribution is 7.80. The number of pyridine rings is 2. The number of aromatic hydroxyl groups is 1. The summed E-state index contributed by atoms with van der Waals surface area (Å²) in [6.07, 6.45) is 7.36. The molecule has 0 radical (unpaired) electrons. The van der Waals surface area contributed by atoms with E-state index in [0.29, 0.717) is 10.8 Å². The Morgan fingerprint density at radius 2 is 1.80 bits per heavy atom. The van der Waals surface area contributed by atoms with Gasteiger partial charge in [0.1, 0.15) is 11.8 Å². The number of thiocarbonyl (C=S) groups is 1. The molecule has 2 N–H and O–H groups in total. The molecule has 0 amide bonds. The van der Waals surface area contributed by atoms with Crippen molar-refractivity contribution in [3.8, 4) is 11.4 Å². The molecule has 148 valence electrons. The molecule has 30 heavy (non-hydrogen) atoms. The van der Waals surface area contributed by atoms with E-state index in [1.165, 1.54) is 0 Å². The second-order valence-corrected chi connectivity index (χ2v) is 7.39. The van der Waals surface area contributed by atoms with Crippen molar-refractivity contribution in [1.82, 2.24) is 19.9 Å². The molecule has 7 heteroatoms. The van der Waals surface area contributed by atoms with E-state index in [9.17, 15) is 5.11 Å². The lowest BCUT2D eigenvalue weighted by Gasteiger charge is -2.29. The monoisotopic (exact) mass is 413 g/mol. The molecule has 1 aliphatic heterocycles. The van der Waals surface area contributed by atoms with Gasteiger partial charge in [-0.05, 0) is 60.7 Å². The zero-order valence-electron chi connectivity index (χ0n) is 16.0. The van der Waals surface area contributed by atoms with Gasteiger partial charge in [-0.1, -0.05) is 18.2 Å². The number of para-hydroxylation sites is 2. The molecule has 4 heterocycles. The van der Waals surface area contributed by atoms with Crippen LogP contribution in [0.3, 0.4) is 0 Å². The second kappa shape index (κ2) is 7.61. The predicted molar refractivity (Wildman–Crippen MR) is 120 cm³/mol. The maximum absolute atomic E-state index is 10.6. The van der Waals surface area contributed by atoms with Gasteiger partial charge in [0.25, 0.3) is 0 Å². The third kappa shape index (κ3) is 3.09. The number of rotatable bonds is 4. The number of hydrogen-bond acceptors (Lipinski definition) is 4. The lowest BCUT2D eigenvalue weighted by Crippen LogP contribution is -2.30. The van der Waals surface area contributed by atoms with Crippen LogP contribution in [0, 0.1) is 0 Å². The topological polar surface area (TPSA) is 66.2 Å². The molecule has 0 aliphatic carbocycles. The van der Waals surface area contributed by atoms with Crippen LogP contribution in [0.5, 0.6) is 5.75 Å². The van der Waals surface area contributed by atoms with Crippen LogP contribution in [0.2, 0.25) is 0 Å². The van der Waals surface area contributed by atoms with Gasteiger partial charge in [0.2, 0.25) is 0 Å². The highest BCUT2D eigenvalue weighted by Gasteiger charge is 2.42. The van der Waals surface area contributed by atoms with Crippen LogP contribution in [0.15, 0.2) is 91.5 Å². The number of phenols is 1. The summed E-state index contributed by atoms with van der Waals surface area (Å²) in [5.41, 5.74) is 3.49. The molecule has 0 unspecified atom stereocenters. The van der Waals surface area contributed by atoms with Crippen molar-refractivity contribution < 1.29 is 5.11 Å². The van der Waals surface area contributed by atoms with E-state index in [-0.39, 0.29) is 17.8 Å². The molecule has 5 rings (SSSR count). The minimum Gasteiger partial charge on any atom is -0.506 e. The smallest absolute Gasteiger partial charge is 0.174 e. The van der Waals surface area contributed by atoms with Gasteiger partial charge in [-0.15, -0.1) is 0 Å². The van der Waals surface area contributed by atoms with Crippen molar-refractivity contribution in [3.63, 3.8) is 0 Å². The third-order valence-corrected chi connectivity index (χ3v) is 5.56. The van der Waals surface area contributed by atoms with E-state index < -0.39 is 0 Å². The summed E-state index contributed by atoms with van der Waals surface area (Å²) in [5, 5.41) is 14.5. The number of aromatic nitrogens is 3. The van der Waals surface area contributed by atoms with E-state index in [2.05, 4.69) is 25.9 Å². The Bertz CT molecular complexity index is 1180. The van der Waals surface area contributed by atoms with E-state index in [1.807, 2.05) is 65.8 Å². The summed E-state index contributed by atoms with van der Waals surface area (Å²) in [6, 6.07) is 20.6. The van der Waals surface area contributed by atoms with Crippen molar-refractivity contribution in [2.75, 3.05) is 4.90 Å². The summed E-state index contributed by atoms with van der Waals surface area (Å²) >= 11 is 5.72. The van der Waals surface area contributed by atoms with E-state index >= 15 is 0 Å². The summed E-state index contributed by atoms with van der Waals surface area (Å²) in [4.78, 5) is 10.8. The predicted octanol–water partition coefficient (Wildman–Crippen LogP) is 4.15. The van der Waals surface area contributed by atoms with Gasteiger partial charge in [0.05, 0.1) is 29.3 Å². The number of nitrogens with zero attached hydrogens (tertiary/aromatic N) is 4.